The minimum Gasteiger partial charge on any atom is -0.488 e. The summed E-state index contributed by atoms with van der Waals surface area (Å²) in [5, 5.41) is 9.02. The van der Waals surface area contributed by atoms with Crippen LogP contribution in [-0.4, -0.2) is 48.7 Å². The number of rotatable bonds is 6. The highest BCUT2D eigenvalue weighted by Crippen LogP contribution is 2.42. The second kappa shape index (κ2) is 7.02. The standard InChI is InChI=1S/C17H17NO5S/c1-22-7-6-18(9-15(19)20)17(21)14-8-11-10-23-13-5-3-2-4-12(13)16(11)24-14/h2-5,8H,6-7,9-10H2,1H3,(H,19,20). The van der Waals surface area contributed by atoms with Crippen LogP contribution in [0, 0.1) is 0 Å². The molecule has 24 heavy (non-hydrogen) atoms. The Labute approximate surface area is 143 Å². The Morgan fingerprint density at radius 2 is 2.17 bits per heavy atom. The number of amides is 1. The number of hydrogen-bond acceptors (Lipinski definition) is 5. The maximum Gasteiger partial charge on any atom is 0.323 e. The molecule has 1 aromatic heterocycles. The van der Waals surface area contributed by atoms with Gasteiger partial charge < -0.3 is 19.5 Å². The zero-order valence-electron chi connectivity index (χ0n) is 13.2. The predicted molar refractivity (Wildman–Crippen MR) is 89.5 cm³/mol. The summed E-state index contributed by atoms with van der Waals surface area (Å²) in [5.74, 6) is -0.548. The quantitative estimate of drug-likeness (QED) is 0.869. The van der Waals surface area contributed by atoms with Gasteiger partial charge in [0.1, 0.15) is 18.9 Å². The smallest absolute Gasteiger partial charge is 0.323 e. The van der Waals surface area contributed by atoms with Crippen LogP contribution in [0.5, 0.6) is 5.75 Å². The molecule has 6 nitrogen and oxygen atoms in total. The zero-order chi connectivity index (χ0) is 17.1. The lowest BCUT2D eigenvalue weighted by Crippen LogP contribution is -2.37. The Balaban J connectivity index is 1.89. The van der Waals surface area contributed by atoms with Gasteiger partial charge in [0.15, 0.2) is 0 Å². The number of benzene rings is 1. The molecule has 0 unspecified atom stereocenters. The number of carbonyl (C=O) groups excluding carboxylic acids is 1. The Bertz CT molecular complexity index is 770. The van der Waals surface area contributed by atoms with E-state index >= 15 is 0 Å². The van der Waals surface area contributed by atoms with E-state index in [1.807, 2.05) is 24.3 Å². The van der Waals surface area contributed by atoms with Crippen molar-refractivity contribution in [2.24, 2.45) is 0 Å². The topological polar surface area (TPSA) is 76.1 Å². The SMILES string of the molecule is COCCN(CC(=O)O)C(=O)c1cc2c(s1)-c1ccccc1OC2. The maximum absolute atomic E-state index is 12.7. The first-order valence-electron chi connectivity index (χ1n) is 7.45. The lowest BCUT2D eigenvalue weighted by Gasteiger charge is -2.19. The molecule has 0 saturated heterocycles. The molecular weight excluding hydrogens is 330 g/mol. The van der Waals surface area contributed by atoms with Crippen molar-refractivity contribution in [1.82, 2.24) is 4.90 Å². The predicted octanol–water partition coefficient (Wildman–Crippen LogP) is 2.48. The van der Waals surface area contributed by atoms with E-state index in [2.05, 4.69) is 0 Å². The van der Waals surface area contributed by atoms with Crippen molar-refractivity contribution < 1.29 is 24.2 Å². The van der Waals surface area contributed by atoms with E-state index in [1.54, 1.807) is 6.07 Å². The Kier molecular flexibility index (Phi) is 4.82. The van der Waals surface area contributed by atoms with Crippen LogP contribution in [0.2, 0.25) is 0 Å². The first kappa shape index (κ1) is 16.5. The molecule has 3 rings (SSSR count). The minimum absolute atomic E-state index is 0.233. The van der Waals surface area contributed by atoms with E-state index in [-0.39, 0.29) is 25.6 Å². The average Bonchev–Trinajstić information content (AvgIpc) is 3.02. The number of fused-ring (bicyclic) bond motifs is 3. The fourth-order valence-corrected chi connectivity index (χ4v) is 3.74. The fourth-order valence-electron chi connectivity index (χ4n) is 2.58. The van der Waals surface area contributed by atoms with E-state index in [0.717, 1.165) is 21.8 Å². The van der Waals surface area contributed by atoms with Crippen LogP contribution in [0.1, 0.15) is 15.2 Å². The number of hydrogen-bond donors (Lipinski definition) is 1. The number of para-hydroxylation sites is 1. The minimum atomic E-state index is -1.05. The van der Waals surface area contributed by atoms with Crippen molar-refractivity contribution in [3.8, 4) is 16.2 Å². The number of thiophene rings is 1. The highest BCUT2D eigenvalue weighted by Gasteiger charge is 2.25. The van der Waals surface area contributed by atoms with Gasteiger partial charge in [-0.3, -0.25) is 9.59 Å². The van der Waals surface area contributed by atoms with Crippen molar-refractivity contribution in [3.05, 3.63) is 40.8 Å². The highest BCUT2D eigenvalue weighted by atomic mass is 32.1. The molecule has 1 N–H and O–H groups in total. The molecule has 0 aliphatic carbocycles. The maximum atomic E-state index is 12.7. The molecule has 126 valence electrons. The third-order valence-electron chi connectivity index (χ3n) is 3.71. The molecular formula is C17H17NO5S. The van der Waals surface area contributed by atoms with Gasteiger partial charge in [0, 0.05) is 29.7 Å². The molecule has 0 fully saturated rings. The first-order chi connectivity index (χ1) is 11.6. The molecule has 0 spiro atoms. The number of nitrogens with zero attached hydrogens (tertiary/aromatic N) is 1. The number of carboxylic acids is 1. The van der Waals surface area contributed by atoms with Gasteiger partial charge in [-0.05, 0) is 18.2 Å². The lowest BCUT2D eigenvalue weighted by molar-refractivity contribution is -0.137. The van der Waals surface area contributed by atoms with Crippen molar-refractivity contribution in [2.45, 2.75) is 6.61 Å². The number of carbonyl (C=O) groups is 2. The van der Waals surface area contributed by atoms with Crippen LogP contribution >= 0.6 is 11.3 Å². The third kappa shape index (κ3) is 3.27. The van der Waals surface area contributed by atoms with Crippen molar-refractivity contribution >= 4 is 23.2 Å². The van der Waals surface area contributed by atoms with Gasteiger partial charge in [0.2, 0.25) is 0 Å². The monoisotopic (exact) mass is 347 g/mol. The van der Waals surface area contributed by atoms with Gasteiger partial charge in [0.05, 0.1) is 11.5 Å². The van der Waals surface area contributed by atoms with E-state index in [1.165, 1.54) is 23.3 Å². The van der Waals surface area contributed by atoms with E-state index in [4.69, 9.17) is 14.6 Å². The molecule has 1 aliphatic rings. The Morgan fingerprint density at radius 3 is 2.92 bits per heavy atom. The third-order valence-corrected chi connectivity index (χ3v) is 4.91. The summed E-state index contributed by atoms with van der Waals surface area (Å²) in [5.41, 5.74) is 1.91. The molecule has 0 atom stereocenters. The number of carboxylic acid groups (broad SMARTS) is 1. The zero-order valence-corrected chi connectivity index (χ0v) is 14.0. The first-order valence-corrected chi connectivity index (χ1v) is 8.26. The second-order valence-corrected chi connectivity index (χ2v) is 6.42. The van der Waals surface area contributed by atoms with E-state index in [9.17, 15) is 9.59 Å². The molecule has 7 heteroatoms. The van der Waals surface area contributed by atoms with Crippen LogP contribution in [0.3, 0.4) is 0 Å². The molecule has 0 radical (unpaired) electrons. The number of aliphatic carboxylic acids is 1. The van der Waals surface area contributed by atoms with E-state index in [0.29, 0.717) is 11.5 Å². The van der Waals surface area contributed by atoms with Crippen molar-refractivity contribution in [2.75, 3.05) is 26.8 Å². The van der Waals surface area contributed by atoms with Gasteiger partial charge in [-0.2, -0.15) is 0 Å². The normalized spacial score (nSPS) is 12.0. The second-order valence-electron chi connectivity index (χ2n) is 5.36. The van der Waals surface area contributed by atoms with Crippen molar-refractivity contribution in [3.63, 3.8) is 0 Å². The number of ether oxygens (including phenoxy) is 2. The van der Waals surface area contributed by atoms with Gasteiger partial charge >= 0.3 is 5.97 Å². The van der Waals surface area contributed by atoms with Crippen LogP contribution in [0.15, 0.2) is 30.3 Å². The summed E-state index contributed by atoms with van der Waals surface area (Å²) in [6, 6.07) is 9.48. The average molecular weight is 347 g/mol. The van der Waals surface area contributed by atoms with Gasteiger partial charge in [-0.1, -0.05) is 12.1 Å². The van der Waals surface area contributed by atoms with Gasteiger partial charge in [-0.15, -0.1) is 11.3 Å². The molecule has 1 aliphatic heterocycles. The molecule has 2 aromatic rings. The summed E-state index contributed by atoms with van der Waals surface area (Å²) < 4.78 is 10.7. The van der Waals surface area contributed by atoms with Crippen molar-refractivity contribution in [1.29, 1.82) is 0 Å². The van der Waals surface area contributed by atoms with Crippen LogP contribution in [0.25, 0.3) is 10.4 Å². The Morgan fingerprint density at radius 1 is 1.38 bits per heavy atom. The summed E-state index contributed by atoms with van der Waals surface area (Å²) in [7, 11) is 1.52. The Hall–Kier alpha value is -2.38. The number of methoxy groups -OCH3 is 1. The molecule has 0 bridgehead atoms. The summed E-state index contributed by atoms with van der Waals surface area (Å²) in [6.07, 6.45) is 0. The lowest BCUT2D eigenvalue weighted by atomic mass is 10.1. The van der Waals surface area contributed by atoms with Gasteiger partial charge in [0.25, 0.3) is 5.91 Å². The van der Waals surface area contributed by atoms with E-state index < -0.39 is 5.97 Å². The highest BCUT2D eigenvalue weighted by molar-refractivity contribution is 7.17. The summed E-state index contributed by atoms with van der Waals surface area (Å²) in [6.45, 7) is 0.582. The van der Waals surface area contributed by atoms with Crippen LogP contribution < -0.4 is 4.74 Å². The largest absolute Gasteiger partial charge is 0.488 e. The fraction of sp³-hybridized carbons (Fsp3) is 0.294. The van der Waals surface area contributed by atoms with Crippen LogP contribution in [0.4, 0.5) is 0 Å². The van der Waals surface area contributed by atoms with Gasteiger partial charge in [-0.25, -0.2) is 0 Å². The summed E-state index contributed by atoms with van der Waals surface area (Å²) in [4.78, 5) is 26.5. The molecule has 1 amide bonds. The molecule has 0 saturated carbocycles. The molecule has 2 heterocycles. The summed E-state index contributed by atoms with van der Waals surface area (Å²) >= 11 is 1.37. The molecule has 1 aromatic carbocycles. The van der Waals surface area contributed by atoms with Crippen LogP contribution in [-0.2, 0) is 16.1 Å².